The number of hydrogen-bond acceptors (Lipinski definition) is 4. The standard InChI is InChI=1S/C15H20BrN3O3.ClH/c1-11(17)15(21)19-8-6-18(7-9-19)14(20)10-22-13-4-2-12(16)3-5-13;/h2-5,11H,6-10,17H2,1H3;1H/t11-;/m0./s1. The Hall–Kier alpha value is -1.31. The first-order valence-corrected chi connectivity index (χ1v) is 7.97. The van der Waals surface area contributed by atoms with Crippen LogP contribution in [0.3, 0.4) is 0 Å². The Labute approximate surface area is 150 Å². The van der Waals surface area contributed by atoms with Crippen LogP contribution in [0.25, 0.3) is 0 Å². The summed E-state index contributed by atoms with van der Waals surface area (Å²) >= 11 is 3.34. The van der Waals surface area contributed by atoms with E-state index in [1.807, 2.05) is 12.1 Å². The number of ether oxygens (including phenoxy) is 1. The number of piperazine rings is 1. The third kappa shape index (κ3) is 5.67. The molecule has 0 spiro atoms. The van der Waals surface area contributed by atoms with Gasteiger partial charge in [-0.15, -0.1) is 12.4 Å². The average molecular weight is 407 g/mol. The van der Waals surface area contributed by atoms with Crippen molar-refractivity contribution in [2.45, 2.75) is 13.0 Å². The van der Waals surface area contributed by atoms with E-state index < -0.39 is 6.04 Å². The largest absolute Gasteiger partial charge is 0.484 e. The first kappa shape index (κ1) is 19.7. The molecule has 128 valence electrons. The van der Waals surface area contributed by atoms with Crippen molar-refractivity contribution < 1.29 is 14.3 Å². The first-order valence-electron chi connectivity index (χ1n) is 7.18. The second-order valence-corrected chi connectivity index (χ2v) is 6.15. The monoisotopic (exact) mass is 405 g/mol. The molecule has 2 amide bonds. The quantitative estimate of drug-likeness (QED) is 0.817. The number of hydrogen-bond donors (Lipinski definition) is 1. The highest BCUT2D eigenvalue weighted by atomic mass is 79.9. The summed E-state index contributed by atoms with van der Waals surface area (Å²) in [5, 5.41) is 0. The van der Waals surface area contributed by atoms with Gasteiger partial charge in [-0.05, 0) is 31.2 Å². The minimum Gasteiger partial charge on any atom is -0.484 e. The zero-order chi connectivity index (χ0) is 16.1. The number of carbonyl (C=O) groups excluding carboxylic acids is 2. The lowest BCUT2D eigenvalue weighted by Gasteiger charge is -2.35. The lowest BCUT2D eigenvalue weighted by atomic mass is 10.2. The summed E-state index contributed by atoms with van der Waals surface area (Å²) in [6.07, 6.45) is 0. The highest BCUT2D eigenvalue weighted by Gasteiger charge is 2.25. The van der Waals surface area contributed by atoms with Gasteiger partial charge in [-0.25, -0.2) is 0 Å². The van der Waals surface area contributed by atoms with Gasteiger partial charge in [-0.1, -0.05) is 15.9 Å². The summed E-state index contributed by atoms with van der Waals surface area (Å²) in [5.41, 5.74) is 5.59. The maximum atomic E-state index is 12.1. The molecule has 1 fully saturated rings. The lowest BCUT2D eigenvalue weighted by Crippen LogP contribution is -2.54. The minimum atomic E-state index is -0.497. The van der Waals surface area contributed by atoms with E-state index in [0.29, 0.717) is 31.9 Å². The zero-order valence-electron chi connectivity index (χ0n) is 12.9. The number of carbonyl (C=O) groups is 2. The van der Waals surface area contributed by atoms with Crippen LogP contribution in [-0.4, -0.2) is 60.4 Å². The minimum absolute atomic E-state index is 0. The molecule has 1 atom stereocenters. The molecule has 0 saturated carbocycles. The summed E-state index contributed by atoms with van der Waals surface area (Å²) < 4.78 is 6.44. The third-order valence-electron chi connectivity index (χ3n) is 3.51. The van der Waals surface area contributed by atoms with Crippen molar-refractivity contribution in [2.75, 3.05) is 32.8 Å². The van der Waals surface area contributed by atoms with Crippen LogP contribution < -0.4 is 10.5 Å². The molecule has 1 aliphatic rings. The second kappa shape index (κ2) is 9.10. The van der Waals surface area contributed by atoms with Crippen LogP contribution in [0.1, 0.15) is 6.92 Å². The van der Waals surface area contributed by atoms with E-state index >= 15 is 0 Å². The SMILES string of the molecule is C[C@H](N)C(=O)N1CCN(C(=O)COc2ccc(Br)cc2)CC1.Cl. The zero-order valence-corrected chi connectivity index (χ0v) is 15.3. The predicted molar refractivity (Wildman–Crippen MR) is 93.7 cm³/mol. The molecule has 23 heavy (non-hydrogen) atoms. The average Bonchev–Trinajstić information content (AvgIpc) is 2.53. The van der Waals surface area contributed by atoms with Crippen molar-refractivity contribution in [3.05, 3.63) is 28.7 Å². The fourth-order valence-electron chi connectivity index (χ4n) is 2.23. The molecule has 0 radical (unpaired) electrons. The number of amides is 2. The van der Waals surface area contributed by atoms with Crippen LogP contribution in [0.2, 0.25) is 0 Å². The molecule has 0 aliphatic carbocycles. The molecule has 1 saturated heterocycles. The van der Waals surface area contributed by atoms with Crippen molar-refractivity contribution in [2.24, 2.45) is 5.73 Å². The molecule has 1 aromatic rings. The molecule has 8 heteroatoms. The van der Waals surface area contributed by atoms with Gasteiger partial charge in [-0.2, -0.15) is 0 Å². The van der Waals surface area contributed by atoms with Crippen molar-refractivity contribution in [3.63, 3.8) is 0 Å². The van der Waals surface area contributed by atoms with Crippen molar-refractivity contribution in [1.29, 1.82) is 0 Å². The van der Waals surface area contributed by atoms with Gasteiger partial charge in [0.25, 0.3) is 5.91 Å². The molecule has 2 rings (SSSR count). The van der Waals surface area contributed by atoms with E-state index in [0.717, 1.165) is 4.47 Å². The lowest BCUT2D eigenvalue weighted by molar-refractivity contribution is -0.141. The molecule has 2 N–H and O–H groups in total. The number of rotatable bonds is 4. The molecule has 0 unspecified atom stereocenters. The fraction of sp³-hybridized carbons (Fsp3) is 0.467. The van der Waals surface area contributed by atoms with E-state index in [9.17, 15) is 9.59 Å². The highest BCUT2D eigenvalue weighted by molar-refractivity contribution is 9.10. The van der Waals surface area contributed by atoms with Crippen molar-refractivity contribution >= 4 is 40.2 Å². The smallest absolute Gasteiger partial charge is 0.260 e. The highest BCUT2D eigenvalue weighted by Crippen LogP contribution is 2.16. The van der Waals surface area contributed by atoms with E-state index in [2.05, 4.69) is 15.9 Å². The van der Waals surface area contributed by atoms with Crippen LogP contribution in [0.15, 0.2) is 28.7 Å². The number of nitrogens with zero attached hydrogens (tertiary/aromatic N) is 2. The van der Waals surface area contributed by atoms with Crippen LogP contribution in [-0.2, 0) is 9.59 Å². The molecular formula is C15H21BrClN3O3. The van der Waals surface area contributed by atoms with E-state index in [1.165, 1.54) is 0 Å². The van der Waals surface area contributed by atoms with Crippen LogP contribution in [0, 0.1) is 0 Å². The Morgan fingerprint density at radius 1 is 1.17 bits per heavy atom. The Kier molecular flexibility index (Phi) is 7.81. The number of benzene rings is 1. The third-order valence-corrected chi connectivity index (χ3v) is 4.04. The van der Waals surface area contributed by atoms with Gasteiger partial charge >= 0.3 is 0 Å². The van der Waals surface area contributed by atoms with Crippen LogP contribution >= 0.6 is 28.3 Å². The van der Waals surface area contributed by atoms with Gasteiger partial charge < -0.3 is 20.3 Å². The molecule has 6 nitrogen and oxygen atoms in total. The van der Waals surface area contributed by atoms with Gasteiger partial charge in [0.1, 0.15) is 5.75 Å². The molecule has 1 aliphatic heterocycles. The number of halogens is 2. The van der Waals surface area contributed by atoms with Crippen molar-refractivity contribution in [1.82, 2.24) is 9.80 Å². The summed E-state index contributed by atoms with van der Waals surface area (Å²) in [6, 6.07) is 6.83. The van der Waals surface area contributed by atoms with E-state index in [4.69, 9.17) is 10.5 Å². The molecule has 1 aromatic carbocycles. The Morgan fingerprint density at radius 3 is 2.22 bits per heavy atom. The second-order valence-electron chi connectivity index (χ2n) is 5.24. The fourth-order valence-corrected chi connectivity index (χ4v) is 2.50. The Balaban J connectivity index is 0.00000264. The van der Waals surface area contributed by atoms with E-state index in [-0.39, 0.29) is 30.8 Å². The molecule has 0 bridgehead atoms. The van der Waals surface area contributed by atoms with Gasteiger partial charge in [0, 0.05) is 30.7 Å². The molecular weight excluding hydrogens is 386 g/mol. The van der Waals surface area contributed by atoms with Crippen LogP contribution in [0.5, 0.6) is 5.75 Å². The maximum absolute atomic E-state index is 12.1. The van der Waals surface area contributed by atoms with Gasteiger partial charge in [0.15, 0.2) is 6.61 Å². The van der Waals surface area contributed by atoms with Crippen molar-refractivity contribution in [3.8, 4) is 5.75 Å². The summed E-state index contributed by atoms with van der Waals surface area (Å²) in [7, 11) is 0. The summed E-state index contributed by atoms with van der Waals surface area (Å²) in [6.45, 7) is 3.74. The number of nitrogens with two attached hydrogens (primary N) is 1. The predicted octanol–water partition coefficient (Wildman–Crippen LogP) is 1.27. The maximum Gasteiger partial charge on any atom is 0.260 e. The molecule has 1 heterocycles. The van der Waals surface area contributed by atoms with Gasteiger partial charge in [0.2, 0.25) is 5.91 Å². The van der Waals surface area contributed by atoms with Gasteiger partial charge in [0.05, 0.1) is 6.04 Å². The Bertz CT molecular complexity index is 531. The van der Waals surface area contributed by atoms with Gasteiger partial charge in [-0.3, -0.25) is 9.59 Å². The molecule has 0 aromatic heterocycles. The summed E-state index contributed by atoms with van der Waals surface area (Å²) in [5.74, 6) is 0.511. The topological polar surface area (TPSA) is 75.9 Å². The van der Waals surface area contributed by atoms with E-state index in [1.54, 1.807) is 28.9 Å². The van der Waals surface area contributed by atoms with Crippen LogP contribution in [0.4, 0.5) is 0 Å². The summed E-state index contributed by atoms with van der Waals surface area (Å²) in [4.78, 5) is 27.3. The normalized spacial score (nSPS) is 15.6. The first-order chi connectivity index (χ1) is 10.5. The Morgan fingerprint density at radius 2 is 1.70 bits per heavy atom.